The van der Waals surface area contributed by atoms with Crippen LogP contribution < -0.4 is 5.32 Å². The fraction of sp³-hybridized carbons (Fsp3) is 0.444. The zero-order valence-electron chi connectivity index (χ0n) is 19.2. The van der Waals surface area contributed by atoms with Crippen LogP contribution in [0.3, 0.4) is 0 Å². The second-order valence-electron chi connectivity index (χ2n) is 9.68. The van der Waals surface area contributed by atoms with E-state index >= 15 is 0 Å². The van der Waals surface area contributed by atoms with Crippen LogP contribution in [0.5, 0.6) is 0 Å². The number of rotatable bonds is 7. The average Bonchev–Trinajstić information content (AvgIpc) is 3.50. The van der Waals surface area contributed by atoms with E-state index in [0.29, 0.717) is 32.5 Å². The number of amides is 2. The first-order valence-electron chi connectivity index (χ1n) is 12.1. The Labute approximate surface area is 199 Å². The summed E-state index contributed by atoms with van der Waals surface area (Å²) in [6.45, 7) is 1.44. The molecule has 2 N–H and O–H groups in total. The third-order valence-corrected chi connectivity index (χ3v) is 7.83. The number of aliphatic carboxylic acids is 1. The highest BCUT2D eigenvalue weighted by molar-refractivity contribution is 5.81. The number of carboxylic acids is 1. The first-order valence-corrected chi connectivity index (χ1v) is 12.1. The smallest absolute Gasteiger partial charge is 0.407 e. The molecule has 2 aliphatic carbocycles. The summed E-state index contributed by atoms with van der Waals surface area (Å²) < 4.78 is 5.53. The summed E-state index contributed by atoms with van der Waals surface area (Å²) in [4.78, 5) is 38.4. The van der Waals surface area contributed by atoms with Gasteiger partial charge in [0.1, 0.15) is 6.61 Å². The van der Waals surface area contributed by atoms with Crippen molar-refractivity contribution in [3.63, 3.8) is 0 Å². The molecule has 2 aromatic rings. The minimum atomic E-state index is -0.776. The highest BCUT2D eigenvalue weighted by Gasteiger charge is 2.55. The molecule has 7 nitrogen and oxygen atoms in total. The van der Waals surface area contributed by atoms with Gasteiger partial charge in [0.05, 0.1) is 5.41 Å². The molecule has 34 heavy (non-hydrogen) atoms. The van der Waals surface area contributed by atoms with Crippen molar-refractivity contribution in [2.75, 3.05) is 26.2 Å². The highest BCUT2D eigenvalue weighted by Crippen LogP contribution is 2.49. The van der Waals surface area contributed by atoms with Crippen LogP contribution in [0.1, 0.15) is 49.1 Å². The number of hydrogen-bond acceptors (Lipinski definition) is 4. The number of nitrogens with one attached hydrogen (secondary N) is 1. The van der Waals surface area contributed by atoms with Crippen molar-refractivity contribution < 1.29 is 24.2 Å². The van der Waals surface area contributed by atoms with Gasteiger partial charge < -0.3 is 20.1 Å². The maximum Gasteiger partial charge on any atom is 0.407 e. The van der Waals surface area contributed by atoms with Crippen molar-refractivity contribution >= 4 is 18.0 Å². The third kappa shape index (κ3) is 3.93. The van der Waals surface area contributed by atoms with E-state index in [1.165, 1.54) is 11.1 Å². The molecular weight excluding hydrogens is 432 g/mol. The lowest BCUT2D eigenvalue weighted by Gasteiger charge is -2.23. The van der Waals surface area contributed by atoms with Gasteiger partial charge in [-0.15, -0.1) is 0 Å². The minimum absolute atomic E-state index is 0.0101. The molecule has 2 aromatic carbocycles. The Kier molecular flexibility index (Phi) is 6.02. The van der Waals surface area contributed by atoms with Gasteiger partial charge in [-0.25, -0.2) is 4.79 Å². The molecule has 1 aliphatic heterocycles. The first-order chi connectivity index (χ1) is 16.5. The Morgan fingerprint density at radius 2 is 1.74 bits per heavy atom. The molecular formula is C27H30N2O5. The number of hydrogen-bond donors (Lipinski definition) is 2. The summed E-state index contributed by atoms with van der Waals surface area (Å²) in [6, 6.07) is 16.4. The number of ether oxygens (including phenoxy) is 1. The minimum Gasteiger partial charge on any atom is -0.481 e. The molecule has 0 unspecified atom stereocenters. The van der Waals surface area contributed by atoms with E-state index < -0.39 is 17.5 Å². The van der Waals surface area contributed by atoms with Crippen LogP contribution in [-0.2, 0) is 14.3 Å². The van der Waals surface area contributed by atoms with E-state index in [0.717, 1.165) is 24.0 Å². The summed E-state index contributed by atoms with van der Waals surface area (Å²) in [5.74, 6) is -0.740. The van der Waals surface area contributed by atoms with Crippen LogP contribution >= 0.6 is 0 Å². The standard InChI is InChI=1S/C27H30N2O5/c30-24(29-15-18-7-5-13-27(18,17-29)25(31)32)12-6-14-28-26(33)34-16-23-21-10-3-1-8-19(21)20-9-2-4-11-22(20)23/h1-4,8-11,18,23H,5-7,12-17H2,(H,28,33)(H,31,32)/t18-,27-/m0/s1. The van der Waals surface area contributed by atoms with Gasteiger partial charge in [0.25, 0.3) is 0 Å². The molecule has 178 valence electrons. The number of fused-ring (bicyclic) bond motifs is 4. The number of nitrogens with zero attached hydrogens (tertiary/aromatic N) is 1. The van der Waals surface area contributed by atoms with Gasteiger partial charge >= 0.3 is 12.1 Å². The first kappa shape index (κ1) is 22.4. The zero-order chi connectivity index (χ0) is 23.7. The summed E-state index contributed by atoms with van der Waals surface area (Å²) in [5, 5.41) is 12.4. The maximum absolute atomic E-state index is 12.6. The maximum atomic E-state index is 12.6. The van der Waals surface area contributed by atoms with Crippen molar-refractivity contribution in [3.8, 4) is 11.1 Å². The van der Waals surface area contributed by atoms with Crippen molar-refractivity contribution in [1.82, 2.24) is 10.2 Å². The Morgan fingerprint density at radius 3 is 2.38 bits per heavy atom. The van der Waals surface area contributed by atoms with Gasteiger partial charge in [-0.2, -0.15) is 0 Å². The number of carbonyl (C=O) groups is 3. The van der Waals surface area contributed by atoms with Crippen molar-refractivity contribution in [2.24, 2.45) is 11.3 Å². The van der Waals surface area contributed by atoms with Crippen LogP contribution in [-0.4, -0.2) is 54.2 Å². The molecule has 5 rings (SSSR count). The molecule has 0 aromatic heterocycles. The van der Waals surface area contributed by atoms with Gasteiger partial charge in [-0.05, 0) is 47.4 Å². The number of benzene rings is 2. The summed E-state index contributed by atoms with van der Waals surface area (Å²) >= 11 is 0. The second-order valence-corrected chi connectivity index (χ2v) is 9.68. The number of alkyl carbamates (subject to hydrolysis) is 1. The highest BCUT2D eigenvalue weighted by atomic mass is 16.5. The zero-order valence-corrected chi connectivity index (χ0v) is 19.2. The molecule has 0 radical (unpaired) electrons. The predicted molar refractivity (Wildman–Crippen MR) is 126 cm³/mol. The average molecular weight is 463 g/mol. The Hall–Kier alpha value is -3.35. The van der Waals surface area contributed by atoms with E-state index in [-0.39, 0.29) is 30.8 Å². The fourth-order valence-electron chi connectivity index (χ4n) is 6.07. The van der Waals surface area contributed by atoms with Gasteiger partial charge in [0, 0.05) is 32.0 Å². The van der Waals surface area contributed by atoms with E-state index in [1.54, 1.807) is 4.90 Å². The largest absolute Gasteiger partial charge is 0.481 e. The molecule has 1 saturated heterocycles. The Morgan fingerprint density at radius 1 is 1.06 bits per heavy atom. The van der Waals surface area contributed by atoms with Crippen molar-refractivity contribution in [2.45, 2.75) is 38.0 Å². The van der Waals surface area contributed by atoms with Crippen LogP contribution in [0.15, 0.2) is 48.5 Å². The Bertz CT molecular complexity index is 1070. The second kappa shape index (κ2) is 9.12. The topological polar surface area (TPSA) is 95.9 Å². The quantitative estimate of drug-likeness (QED) is 0.606. The fourth-order valence-corrected chi connectivity index (χ4v) is 6.07. The van der Waals surface area contributed by atoms with Gasteiger partial charge in [-0.1, -0.05) is 55.0 Å². The molecule has 7 heteroatoms. The lowest BCUT2D eigenvalue weighted by Crippen LogP contribution is -2.37. The van der Waals surface area contributed by atoms with E-state index in [9.17, 15) is 19.5 Å². The molecule has 2 fully saturated rings. The van der Waals surface area contributed by atoms with Crippen LogP contribution in [0.25, 0.3) is 11.1 Å². The van der Waals surface area contributed by atoms with Crippen LogP contribution in [0.4, 0.5) is 4.79 Å². The number of carbonyl (C=O) groups excluding carboxylic acids is 2. The van der Waals surface area contributed by atoms with Gasteiger partial charge in [-0.3, -0.25) is 9.59 Å². The van der Waals surface area contributed by atoms with Crippen LogP contribution in [0, 0.1) is 11.3 Å². The number of likely N-dealkylation sites (tertiary alicyclic amines) is 1. The normalized spacial score (nSPS) is 22.7. The third-order valence-electron chi connectivity index (χ3n) is 7.83. The molecule has 1 saturated carbocycles. The van der Waals surface area contributed by atoms with Crippen LogP contribution in [0.2, 0.25) is 0 Å². The molecule has 2 amide bonds. The SMILES string of the molecule is O=C(NCCCC(=O)N1C[C@@H]2CCC[C@]2(C(=O)O)C1)OCC1c2ccccc2-c2ccccc21. The summed E-state index contributed by atoms with van der Waals surface area (Å²) in [5.41, 5.74) is 3.94. The summed E-state index contributed by atoms with van der Waals surface area (Å²) in [7, 11) is 0. The van der Waals surface area contributed by atoms with E-state index in [1.807, 2.05) is 24.3 Å². The Balaban J connectivity index is 1.07. The lowest BCUT2D eigenvalue weighted by molar-refractivity contribution is -0.149. The summed E-state index contributed by atoms with van der Waals surface area (Å²) in [6.07, 6.45) is 2.73. The molecule has 2 atom stereocenters. The molecule has 1 heterocycles. The number of carboxylic acid groups (broad SMARTS) is 1. The lowest BCUT2D eigenvalue weighted by atomic mass is 9.81. The monoisotopic (exact) mass is 462 g/mol. The predicted octanol–water partition coefficient (Wildman–Crippen LogP) is 4.02. The van der Waals surface area contributed by atoms with Gasteiger partial charge in [0.2, 0.25) is 5.91 Å². The molecule has 0 bridgehead atoms. The van der Waals surface area contributed by atoms with E-state index in [2.05, 4.69) is 29.6 Å². The van der Waals surface area contributed by atoms with Crippen molar-refractivity contribution in [1.29, 1.82) is 0 Å². The van der Waals surface area contributed by atoms with E-state index in [4.69, 9.17) is 4.74 Å². The van der Waals surface area contributed by atoms with Gasteiger partial charge in [0.15, 0.2) is 0 Å². The van der Waals surface area contributed by atoms with Crippen molar-refractivity contribution in [3.05, 3.63) is 59.7 Å². The molecule has 3 aliphatic rings. The molecule has 0 spiro atoms.